The molecule has 0 fully saturated rings. The van der Waals surface area contributed by atoms with Crippen molar-refractivity contribution in [1.82, 2.24) is 0 Å². The van der Waals surface area contributed by atoms with Gasteiger partial charge in [-0.05, 0) is 44.4 Å². The summed E-state index contributed by atoms with van der Waals surface area (Å²) in [5.74, 6) is -0.321. The molecule has 1 aromatic rings. The second-order valence-electron chi connectivity index (χ2n) is 3.43. The molecule has 92 valence electrons. The fourth-order valence-electron chi connectivity index (χ4n) is 1.30. The van der Waals surface area contributed by atoms with Crippen molar-refractivity contribution in [3.63, 3.8) is 0 Å². The van der Waals surface area contributed by atoms with Crippen molar-refractivity contribution >= 4 is 23.4 Å². The zero-order chi connectivity index (χ0) is 12.7. The molecule has 0 aliphatic rings. The molecule has 1 aromatic carbocycles. The molecule has 1 N–H and O–H groups in total. The number of carbonyl (C=O) groups excluding carboxylic acids is 1. The van der Waals surface area contributed by atoms with Crippen molar-refractivity contribution < 1.29 is 9.53 Å². The van der Waals surface area contributed by atoms with Gasteiger partial charge in [0.05, 0.1) is 6.61 Å². The van der Waals surface area contributed by atoms with Gasteiger partial charge < -0.3 is 10.1 Å². The standard InChI is InChI=1S/C13H17NO2S/c1-4-16-13(15)9-10(2)14-11-5-7-12(17-3)8-6-11/h5-9,14H,4H2,1-3H3. The molecule has 0 atom stereocenters. The van der Waals surface area contributed by atoms with Gasteiger partial charge in [0, 0.05) is 22.4 Å². The monoisotopic (exact) mass is 251 g/mol. The maximum Gasteiger partial charge on any atom is 0.332 e. The summed E-state index contributed by atoms with van der Waals surface area (Å²) in [4.78, 5) is 12.4. The van der Waals surface area contributed by atoms with E-state index in [1.165, 1.54) is 11.0 Å². The maximum absolute atomic E-state index is 11.2. The van der Waals surface area contributed by atoms with Crippen LogP contribution in [-0.2, 0) is 9.53 Å². The Morgan fingerprint density at radius 2 is 2.06 bits per heavy atom. The Hall–Kier alpha value is -1.42. The Bertz CT molecular complexity index is 398. The lowest BCUT2D eigenvalue weighted by atomic mass is 10.3. The number of nitrogens with one attached hydrogen (secondary N) is 1. The molecule has 0 radical (unpaired) electrons. The first-order valence-electron chi connectivity index (χ1n) is 5.42. The maximum atomic E-state index is 11.2. The van der Waals surface area contributed by atoms with Crippen LogP contribution in [0.25, 0.3) is 0 Å². The molecule has 3 nitrogen and oxygen atoms in total. The number of carbonyl (C=O) groups is 1. The van der Waals surface area contributed by atoms with E-state index in [1.807, 2.05) is 37.4 Å². The van der Waals surface area contributed by atoms with Crippen LogP contribution < -0.4 is 5.32 Å². The summed E-state index contributed by atoms with van der Waals surface area (Å²) >= 11 is 1.70. The molecule has 1 rings (SSSR count). The molecule has 0 spiro atoms. The van der Waals surface area contributed by atoms with Gasteiger partial charge >= 0.3 is 5.97 Å². The van der Waals surface area contributed by atoms with Gasteiger partial charge in [-0.2, -0.15) is 0 Å². The van der Waals surface area contributed by atoms with E-state index in [-0.39, 0.29) is 5.97 Å². The van der Waals surface area contributed by atoms with E-state index in [4.69, 9.17) is 4.74 Å². The van der Waals surface area contributed by atoms with Crippen LogP contribution in [0.15, 0.2) is 40.9 Å². The fourth-order valence-corrected chi connectivity index (χ4v) is 1.71. The summed E-state index contributed by atoms with van der Waals surface area (Å²) in [7, 11) is 0. The van der Waals surface area contributed by atoms with E-state index in [1.54, 1.807) is 18.7 Å². The van der Waals surface area contributed by atoms with E-state index in [0.717, 1.165) is 11.4 Å². The molecule has 17 heavy (non-hydrogen) atoms. The van der Waals surface area contributed by atoms with E-state index < -0.39 is 0 Å². The van der Waals surface area contributed by atoms with Gasteiger partial charge in [0.2, 0.25) is 0 Å². The predicted molar refractivity (Wildman–Crippen MR) is 72.2 cm³/mol. The Balaban J connectivity index is 2.60. The summed E-state index contributed by atoms with van der Waals surface area (Å²) < 4.78 is 4.83. The van der Waals surface area contributed by atoms with Crippen molar-refractivity contribution in [1.29, 1.82) is 0 Å². The Labute approximate surface area is 106 Å². The summed E-state index contributed by atoms with van der Waals surface area (Å²) in [5, 5.41) is 3.13. The number of anilines is 1. The molecule has 4 heteroatoms. The van der Waals surface area contributed by atoms with Gasteiger partial charge in [0.1, 0.15) is 0 Å². The molecule has 0 bridgehead atoms. The minimum Gasteiger partial charge on any atom is -0.463 e. The number of rotatable bonds is 5. The number of hydrogen-bond acceptors (Lipinski definition) is 4. The topological polar surface area (TPSA) is 38.3 Å². The first-order chi connectivity index (χ1) is 8.15. The highest BCUT2D eigenvalue weighted by Gasteiger charge is 1.99. The second kappa shape index (κ2) is 7.01. The lowest BCUT2D eigenvalue weighted by Gasteiger charge is -2.07. The minimum atomic E-state index is -0.321. The van der Waals surface area contributed by atoms with Crippen LogP contribution in [0.3, 0.4) is 0 Å². The molecule has 0 aromatic heterocycles. The molecular weight excluding hydrogens is 234 g/mol. The van der Waals surface area contributed by atoms with Crippen LogP contribution in [0, 0.1) is 0 Å². The highest BCUT2D eigenvalue weighted by Crippen LogP contribution is 2.18. The van der Waals surface area contributed by atoms with Crippen LogP contribution in [0.5, 0.6) is 0 Å². The van der Waals surface area contributed by atoms with Crippen LogP contribution in [0.1, 0.15) is 13.8 Å². The number of thioether (sulfide) groups is 1. The average molecular weight is 251 g/mol. The van der Waals surface area contributed by atoms with Crippen molar-refractivity contribution in [3.8, 4) is 0 Å². The molecule has 0 aliphatic heterocycles. The van der Waals surface area contributed by atoms with Gasteiger partial charge in [0.25, 0.3) is 0 Å². The normalized spacial score (nSPS) is 11.1. The summed E-state index contributed by atoms with van der Waals surface area (Å²) in [6, 6.07) is 8.03. The van der Waals surface area contributed by atoms with Crippen LogP contribution in [-0.4, -0.2) is 18.8 Å². The van der Waals surface area contributed by atoms with Crippen molar-refractivity contribution in [2.75, 3.05) is 18.2 Å². The first kappa shape index (κ1) is 13.6. The van der Waals surface area contributed by atoms with E-state index in [0.29, 0.717) is 6.61 Å². The van der Waals surface area contributed by atoms with Crippen LogP contribution in [0.4, 0.5) is 5.69 Å². The van der Waals surface area contributed by atoms with Gasteiger partial charge in [-0.15, -0.1) is 11.8 Å². The molecule has 0 saturated carbocycles. The van der Waals surface area contributed by atoms with E-state index in [2.05, 4.69) is 5.32 Å². The highest BCUT2D eigenvalue weighted by atomic mass is 32.2. The smallest absolute Gasteiger partial charge is 0.332 e. The first-order valence-corrected chi connectivity index (χ1v) is 6.64. The largest absolute Gasteiger partial charge is 0.463 e. The zero-order valence-corrected chi connectivity index (χ0v) is 11.1. The van der Waals surface area contributed by atoms with Gasteiger partial charge in [0.15, 0.2) is 0 Å². The second-order valence-corrected chi connectivity index (χ2v) is 4.31. The Kier molecular flexibility index (Phi) is 5.63. The third kappa shape index (κ3) is 4.95. The summed E-state index contributed by atoms with van der Waals surface area (Å²) in [6.07, 6.45) is 3.49. The van der Waals surface area contributed by atoms with Crippen molar-refractivity contribution in [3.05, 3.63) is 36.0 Å². The van der Waals surface area contributed by atoms with Gasteiger partial charge in [-0.25, -0.2) is 4.79 Å². The van der Waals surface area contributed by atoms with E-state index in [9.17, 15) is 4.79 Å². The number of hydrogen-bond donors (Lipinski definition) is 1. The summed E-state index contributed by atoms with van der Waals surface area (Å²) in [5.41, 5.74) is 1.72. The molecule has 0 saturated heterocycles. The third-order valence-electron chi connectivity index (χ3n) is 2.05. The SMILES string of the molecule is CCOC(=O)C=C(C)Nc1ccc(SC)cc1. The molecule has 0 aliphatic carbocycles. The van der Waals surface area contributed by atoms with Crippen molar-refractivity contribution in [2.24, 2.45) is 0 Å². The predicted octanol–water partition coefficient (Wildman–Crippen LogP) is 3.29. The minimum absolute atomic E-state index is 0.321. The third-order valence-corrected chi connectivity index (χ3v) is 2.80. The van der Waals surface area contributed by atoms with Crippen molar-refractivity contribution in [2.45, 2.75) is 18.7 Å². The average Bonchev–Trinajstić information content (AvgIpc) is 2.30. The Morgan fingerprint density at radius 1 is 1.41 bits per heavy atom. The van der Waals surface area contributed by atoms with Gasteiger partial charge in [-0.3, -0.25) is 0 Å². The number of ether oxygens (including phenoxy) is 1. The molecule has 0 unspecified atom stereocenters. The van der Waals surface area contributed by atoms with Gasteiger partial charge in [-0.1, -0.05) is 0 Å². The number of allylic oxidation sites excluding steroid dienone is 1. The lowest BCUT2D eigenvalue weighted by Crippen LogP contribution is -2.04. The molecule has 0 heterocycles. The highest BCUT2D eigenvalue weighted by molar-refractivity contribution is 7.98. The molecular formula is C13H17NO2S. The van der Waals surface area contributed by atoms with Crippen LogP contribution >= 0.6 is 11.8 Å². The molecule has 0 amide bonds. The quantitative estimate of drug-likeness (QED) is 0.495. The van der Waals surface area contributed by atoms with E-state index >= 15 is 0 Å². The number of benzene rings is 1. The summed E-state index contributed by atoms with van der Waals surface area (Å²) in [6.45, 7) is 4.01. The zero-order valence-electron chi connectivity index (χ0n) is 10.3. The van der Waals surface area contributed by atoms with Crippen LogP contribution in [0.2, 0.25) is 0 Å². The number of esters is 1. The fraction of sp³-hybridized carbons (Fsp3) is 0.308. The Morgan fingerprint density at radius 3 is 2.59 bits per heavy atom. The lowest BCUT2D eigenvalue weighted by molar-refractivity contribution is -0.137.